The topological polar surface area (TPSA) is 102 Å². The number of phenols is 1. The van der Waals surface area contributed by atoms with Crippen LogP contribution in [0.2, 0.25) is 0 Å². The molecular formula is C21H28N2O5. The van der Waals surface area contributed by atoms with Gasteiger partial charge in [-0.1, -0.05) is 24.3 Å². The fourth-order valence-corrected chi connectivity index (χ4v) is 2.77. The molecule has 0 spiro atoms. The van der Waals surface area contributed by atoms with E-state index in [-0.39, 0.29) is 24.9 Å². The van der Waals surface area contributed by atoms with Crippen molar-refractivity contribution in [2.45, 2.75) is 32.4 Å². The fraction of sp³-hybridized carbons (Fsp3) is 0.381. The van der Waals surface area contributed by atoms with Crippen molar-refractivity contribution in [1.29, 1.82) is 0 Å². The van der Waals surface area contributed by atoms with E-state index in [4.69, 9.17) is 4.74 Å². The number of phenolic OH excluding ortho intramolecular Hbond substituents is 1. The van der Waals surface area contributed by atoms with E-state index in [1.165, 1.54) is 0 Å². The van der Waals surface area contributed by atoms with Crippen LogP contribution in [0.3, 0.4) is 0 Å². The summed E-state index contributed by atoms with van der Waals surface area (Å²) in [6.07, 6.45) is 0.0738. The number of benzene rings is 2. The molecule has 28 heavy (non-hydrogen) atoms. The van der Waals surface area contributed by atoms with Gasteiger partial charge in [-0.15, -0.1) is 0 Å². The van der Waals surface area contributed by atoms with E-state index in [1.807, 2.05) is 19.1 Å². The van der Waals surface area contributed by atoms with E-state index < -0.39 is 12.1 Å². The average molecular weight is 388 g/mol. The summed E-state index contributed by atoms with van der Waals surface area (Å²) in [5.74, 6) is -0.317. The molecule has 2 rings (SSSR count). The van der Waals surface area contributed by atoms with Gasteiger partial charge in [0.1, 0.15) is 12.3 Å². The smallest absolute Gasteiger partial charge is 0.328 e. The van der Waals surface area contributed by atoms with Gasteiger partial charge in [0.25, 0.3) is 0 Å². The highest BCUT2D eigenvalue weighted by Crippen LogP contribution is 2.19. The summed E-state index contributed by atoms with van der Waals surface area (Å²) < 4.78 is 4.81. The van der Waals surface area contributed by atoms with Gasteiger partial charge in [-0.25, -0.2) is 5.06 Å². The number of esters is 1. The van der Waals surface area contributed by atoms with Crippen LogP contribution in [0.5, 0.6) is 5.75 Å². The predicted octanol–water partition coefficient (Wildman–Crippen LogP) is 2.41. The molecule has 7 heteroatoms. The first-order valence-electron chi connectivity index (χ1n) is 9.32. The molecule has 152 valence electrons. The maximum Gasteiger partial charge on any atom is 0.328 e. The highest BCUT2D eigenvalue weighted by molar-refractivity contribution is 5.75. The molecule has 2 aromatic carbocycles. The fourth-order valence-electron chi connectivity index (χ4n) is 2.77. The maximum atomic E-state index is 11.4. The van der Waals surface area contributed by atoms with Gasteiger partial charge in [-0.3, -0.25) is 10.0 Å². The number of carbonyl (C=O) groups excluding carboxylic acids is 1. The van der Waals surface area contributed by atoms with Crippen LogP contribution < -0.4 is 10.4 Å². The van der Waals surface area contributed by atoms with Crippen LogP contribution in [0.15, 0.2) is 48.5 Å². The Kier molecular flexibility index (Phi) is 8.25. The third-order valence-electron chi connectivity index (χ3n) is 4.41. The summed E-state index contributed by atoms with van der Waals surface area (Å²) in [6, 6.07) is 13.6. The van der Waals surface area contributed by atoms with Crippen molar-refractivity contribution in [1.82, 2.24) is 5.32 Å². The number of hydroxylamine groups is 1. The van der Waals surface area contributed by atoms with Crippen LogP contribution in [0, 0.1) is 0 Å². The zero-order valence-corrected chi connectivity index (χ0v) is 16.2. The van der Waals surface area contributed by atoms with E-state index in [0.717, 1.165) is 22.6 Å². The largest absolute Gasteiger partial charge is 0.508 e. The molecule has 2 atom stereocenters. The second-order valence-electron chi connectivity index (χ2n) is 6.56. The van der Waals surface area contributed by atoms with Crippen LogP contribution in [-0.4, -0.2) is 47.1 Å². The number of hydrogen-bond donors (Lipinski definition) is 4. The standard InChI is InChI=1S/C21H28N2O5/c1-3-28-20(25)14-23(27)18-8-4-16(5-9-18)12-13-22-15(2)21(26)17-6-10-19(24)11-7-17/h4-11,15,21-22,24,26-27H,3,12-14H2,1-2H3. The number of ether oxygens (including phenoxy) is 1. The Hall–Kier alpha value is -2.61. The number of hydrogen-bond acceptors (Lipinski definition) is 7. The lowest BCUT2D eigenvalue weighted by Gasteiger charge is -2.21. The first-order chi connectivity index (χ1) is 13.4. The minimum atomic E-state index is -0.672. The molecule has 0 aromatic heterocycles. The minimum Gasteiger partial charge on any atom is -0.508 e. The van der Waals surface area contributed by atoms with Crippen LogP contribution >= 0.6 is 0 Å². The molecule has 2 aromatic rings. The summed E-state index contributed by atoms with van der Waals surface area (Å²) in [5.41, 5.74) is 2.32. The number of aliphatic hydroxyl groups excluding tert-OH is 1. The van der Waals surface area contributed by atoms with Gasteiger partial charge in [-0.2, -0.15) is 0 Å². The summed E-state index contributed by atoms with van der Waals surface area (Å²) in [5, 5.41) is 33.8. The maximum absolute atomic E-state index is 11.4. The molecule has 0 saturated carbocycles. The number of nitrogens with zero attached hydrogens (tertiary/aromatic N) is 1. The predicted molar refractivity (Wildman–Crippen MR) is 106 cm³/mol. The van der Waals surface area contributed by atoms with Gasteiger partial charge in [0.05, 0.1) is 18.4 Å². The zero-order chi connectivity index (χ0) is 20.5. The first kappa shape index (κ1) is 21.7. The molecule has 7 nitrogen and oxygen atoms in total. The molecule has 0 saturated heterocycles. The minimum absolute atomic E-state index is 0.152. The molecule has 0 aliphatic carbocycles. The Morgan fingerprint density at radius 3 is 2.39 bits per heavy atom. The average Bonchev–Trinajstić information content (AvgIpc) is 2.68. The van der Waals surface area contributed by atoms with E-state index >= 15 is 0 Å². The first-order valence-corrected chi connectivity index (χ1v) is 9.32. The molecule has 0 bridgehead atoms. The second kappa shape index (κ2) is 10.7. The van der Waals surface area contributed by atoms with E-state index in [1.54, 1.807) is 43.3 Å². The summed E-state index contributed by atoms with van der Waals surface area (Å²) in [4.78, 5) is 11.4. The number of anilines is 1. The third kappa shape index (κ3) is 6.53. The Morgan fingerprint density at radius 2 is 1.79 bits per heavy atom. The van der Waals surface area contributed by atoms with Crippen molar-refractivity contribution in [3.63, 3.8) is 0 Å². The normalized spacial score (nSPS) is 13.0. The van der Waals surface area contributed by atoms with Crippen LogP contribution in [0.25, 0.3) is 0 Å². The number of carbonyl (C=O) groups is 1. The lowest BCUT2D eigenvalue weighted by atomic mass is 10.0. The summed E-state index contributed by atoms with van der Waals surface area (Å²) in [6.45, 7) is 4.34. The highest BCUT2D eigenvalue weighted by Gasteiger charge is 2.15. The van der Waals surface area contributed by atoms with Crippen molar-refractivity contribution in [3.8, 4) is 5.75 Å². The third-order valence-corrected chi connectivity index (χ3v) is 4.41. The molecule has 0 aliphatic heterocycles. The lowest BCUT2D eigenvalue weighted by molar-refractivity contribution is -0.142. The molecule has 0 heterocycles. The molecule has 0 radical (unpaired) electrons. The van der Waals surface area contributed by atoms with E-state index in [0.29, 0.717) is 12.2 Å². The van der Waals surface area contributed by atoms with Crippen molar-refractivity contribution in [2.75, 3.05) is 24.8 Å². The van der Waals surface area contributed by atoms with Crippen LogP contribution in [-0.2, 0) is 16.0 Å². The monoisotopic (exact) mass is 388 g/mol. The molecule has 4 N–H and O–H groups in total. The van der Waals surface area contributed by atoms with Gasteiger partial charge in [0.15, 0.2) is 0 Å². The van der Waals surface area contributed by atoms with Gasteiger partial charge < -0.3 is 20.3 Å². The second-order valence-corrected chi connectivity index (χ2v) is 6.56. The summed E-state index contributed by atoms with van der Waals surface area (Å²) >= 11 is 0. The van der Waals surface area contributed by atoms with Crippen molar-refractivity contribution in [2.24, 2.45) is 0 Å². The van der Waals surface area contributed by atoms with Gasteiger partial charge in [0.2, 0.25) is 0 Å². The molecule has 0 aliphatic rings. The quantitative estimate of drug-likeness (QED) is 0.366. The van der Waals surface area contributed by atoms with E-state index in [2.05, 4.69) is 5.32 Å². The number of nitrogens with one attached hydrogen (secondary N) is 1. The van der Waals surface area contributed by atoms with Crippen molar-refractivity contribution in [3.05, 3.63) is 59.7 Å². The van der Waals surface area contributed by atoms with Crippen molar-refractivity contribution < 1.29 is 25.0 Å². The number of rotatable bonds is 10. The number of aliphatic hydroxyl groups is 1. The summed E-state index contributed by atoms with van der Waals surface area (Å²) in [7, 11) is 0. The van der Waals surface area contributed by atoms with Gasteiger partial charge >= 0.3 is 5.97 Å². The lowest BCUT2D eigenvalue weighted by Crippen LogP contribution is -2.33. The molecule has 0 amide bonds. The Labute approximate surface area is 165 Å². The van der Waals surface area contributed by atoms with Crippen LogP contribution in [0.4, 0.5) is 5.69 Å². The molecule has 2 unspecified atom stereocenters. The molecular weight excluding hydrogens is 360 g/mol. The number of aromatic hydroxyl groups is 1. The molecule has 0 fully saturated rings. The Balaban J connectivity index is 1.79. The Morgan fingerprint density at radius 1 is 1.14 bits per heavy atom. The zero-order valence-electron chi connectivity index (χ0n) is 16.2. The highest BCUT2D eigenvalue weighted by atomic mass is 16.5. The van der Waals surface area contributed by atoms with Gasteiger partial charge in [0, 0.05) is 6.04 Å². The van der Waals surface area contributed by atoms with Crippen LogP contribution in [0.1, 0.15) is 31.1 Å². The van der Waals surface area contributed by atoms with Gasteiger partial charge in [-0.05, 0) is 62.2 Å². The SMILES string of the molecule is CCOC(=O)CN(O)c1ccc(CCNC(C)C(O)c2ccc(O)cc2)cc1. The van der Waals surface area contributed by atoms with Crippen molar-refractivity contribution >= 4 is 11.7 Å². The Bertz CT molecular complexity index is 733. The van der Waals surface area contributed by atoms with E-state index in [9.17, 15) is 20.2 Å².